The van der Waals surface area contributed by atoms with Crippen LogP contribution in [-0.2, 0) is 9.16 Å². The van der Waals surface area contributed by atoms with Crippen LogP contribution >= 0.6 is 0 Å². The van der Waals surface area contributed by atoms with Crippen LogP contribution in [0, 0.1) is 10.1 Å². The number of allylic oxidation sites excluding steroid dienone is 1. The SMILES string of the molecule is CC(C)[Si](OC1(C)CCC=C(c2ncccc2[N+](=O)[O-])O1)(C(C)C)C(C)C. The zero-order valence-electron chi connectivity index (χ0n) is 17.5. The van der Waals surface area contributed by atoms with Crippen LogP contribution in [0.3, 0.4) is 0 Å². The third kappa shape index (κ3) is 4.24. The number of hydrogen-bond donors (Lipinski definition) is 0. The fraction of sp³-hybridized carbons (Fsp3) is 0.650. The molecule has 0 aromatic carbocycles. The van der Waals surface area contributed by atoms with Crippen molar-refractivity contribution >= 4 is 19.8 Å². The molecule has 0 aliphatic carbocycles. The monoisotopic (exact) mass is 392 g/mol. The van der Waals surface area contributed by atoms with E-state index in [0.29, 0.717) is 22.4 Å². The summed E-state index contributed by atoms with van der Waals surface area (Å²) < 4.78 is 13.1. The van der Waals surface area contributed by atoms with E-state index >= 15 is 0 Å². The lowest BCUT2D eigenvalue weighted by molar-refractivity contribution is -0.385. The van der Waals surface area contributed by atoms with E-state index in [0.717, 1.165) is 12.8 Å². The molecule has 1 aliphatic rings. The fourth-order valence-electron chi connectivity index (χ4n) is 4.47. The fourth-order valence-corrected chi connectivity index (χ4v) is 10.1. The Morgan fingerprint density at radius 3 is 2.33 bits per heavy atom. The molecular weight excluding hydrogens is 360 g/mol. The summed E-state index contributed by atoms with van der Waals surface area (Å²) in [5.74, 6) is -0.365. The Hall–Kier alpha value is -1.73. The van der Waals surface area contributed by atoms with E-state index in [2.05, 4.69) is 46.5 Å². The van der Waals surface area contributed by atoms with Crippen molar-refractivity contribution in [1.29, 1.82) is 0 Å². The smallest absolute Gasteiger partial charge is 0.298 e. The predicted molar refractivity (Wildman–Crippen MR) is 110 cm³/mol. The largest absolute Gasteiger partial charge is 0.461 e. The van der Waals surface area contributed by atoms with Gasteiger partial charge in [0.25, 0.3) is 5.69 Å². The number of aromatic nitrogens is 1. The van der Waals surface area contributed by atoms with Crippen LogP contribution in [0.25, 0.3) is 5.76 Å². The molecule has 0 amide bonds. The minimum Gasteiger partial charge on any atom is -0.461 e. The van der Waals surface area contributed by atoms with Gasteiger partial charge in [-0.3, -0.25) is 10.1 Å². The van der Waals surface area contributed by atoms with Gasteiger partial charge >= 0.3 is 0 Å². The van der Waals surface area contributed by atoms with E-state index in [9.17, 15) is 10.1 Å². The van der Waals surface area contributed by atoms with Gasteiger partial charge in [0, 0.05) is 25.6 Å². The van der Waals surface area contributed by atoms with Crippen molar-refractivity contribution in [3.05, 3.63) is 40.2 Å². The number of nitro groups is 1. The van der Waals surface area contributed by atoms with Gasteiger partial charge in [-0.1, -0.05) is 41.5 Å². The van der Waals surface area contributed by atoms with Crippen molar-refractivity contribution in [2.75, 3.05) is 0 Å². The molecule has 150 valence electrons. The lowest BCUT2D eigenvalue weighted by Gasteiger charge is -2.49. The Morgan fingerprint density at radius 1 is 1.22 bits per heavy atom. The molecule has 1 aliphatic heterocycles. The molecule has 1 atom stereocenters. The number of ether oxygens (including phenoxy) is 1. The summed E-state index contributed by atoms with van der Waals surface area (Å²) in [5, 5.41) is 11.4. The molecule has 7 heteroatoms. The predicted octanol–water partition coefficient (Wildman–Crippen LogP) is 6.05. The van der Waals surface area contributed by atoms with Crippen LogP contribution in [-0.4, -0.2) is 24.0 Å². The summed E-state index contributed by atoms with van der Waals surface area (Å²) in [6, 6.07) is 3.02. The molecule has 0 bridgehead atoms. The van der Waals surface area contributed by atoms with E-state index in [1.165, 1.54) is 6.07 Å². The van der Waals surface area contributed by atoms with E-state index in [1.807, 2.05) is 13.0 Å². The molecule has 6 nitrogen and oxygen atoms in total. The van der Waals surface area contributed by atoms with Crippen molar-refractivity contribution in [3.8, 4) is 0 Å². The normalized spacial score (nSPS) is 20.7. The molecule has 0 radical (unpaired) electrons. The lowest BCUT2D eigenvalue weighted by Crippen LogP contribution is -2.54. The van der Waals surface area contributed by atoms with Gasteiger partial charge in [-0.25, -0.2) is 4.98 Å². The average molecular weight is 393 g/mol. The summed E-state index contributed by atoms with van der Waals surface area (Å²) in [5.41, 5.74) is 1.50. The molecule has 2 rings (SSSR count). The minimum absolute atomic E-state index is 0.0481. The van der Waals surface area contributed by atoms with E-state index < -0.39 is 19.0 Å². The highest BCUT2D eigenvalue weighted by atomic mass is 28.4. The van der Waals surface area contributed by atoms with Gasteiger partial charge in [-0.05, 0) is 35.2 Å². The second kappa shape index (κ2) is 8.10. The second-order valence-electron chi connectivity index (χ2n) is 8.39. The number of hydrogen-bond acceptors (Lipinski definition) is 5. The molecule has 0 saturated carbocycles. The third-order valence-corrected chi connectivity index (χ3v) is 11.8. The molecule has 0 saturated heterocycles. The molecule has 1 aromatic rings. The molecule has 27 heavy (non-hydrogen) atoms. The standard InChI is InChI=1S/C20H32N2O4Si/c1-14(2)27(15(3)4,16(5)6)26-20(7)12-8-11-18(25-20)19-17(22(23)24)10-9-13-21-19/h9-11,13-16H,8,12H2,1-7H3. The quantitative estimate of drug-likeness (QED) is 0.321. The Morgan fingerprint density at radius 2 is 1.81 bits per heavy atom. The molecule has 0 N–H and O–H groups in total. The summed E-state index contributed by atoms with van der Waals surface area (Å²) in [6.07, 6.45) is 4.88. The zero-order valence-corrected chi connectivity index (χ0v) is 18.5. The summed E-state index contributed by atoms with van der Waals surface area (Å²) in [7, 11) is -2.16. The molecule has 1 unspecified atom stereocenters. The highest BCUT2D eigenvalue weighted by molar-refractivity contribution is 6.77. The van der Waals surface area contributed by atoms with Gasteiger partial charge in [-0.2, -0.15) is 0 Å². The van der Waals surface area contributed by atoms with Crippen LogP contribution in [0.1, 0.15) is 67.0 Å². The maximum Gasteiger partial charge on any atom is 0.298 e. The maximum atomic E-state index is 11.4. The first-order valence-corrected chi connectivity index (χ1v) is 11.9. The number of nitrogens with zero attached hydrogens (tertiary/aromatic N) is 2. The van der Waals surface area contributed by atoms with Crippen LogP contribution in [0.15, 0.2) is 24.4 Å². The summed E-state index contributed by atoms with van der Waals surface area (Å²) in [6.45, 7) is 15.4. The Bertz CT molecular complexity index is 696. The van der Waals surface area contributed by atoms with E-state index in [4.69, 9.17) is 9.16 Å². The van der Waals surface area contributed by atoms with E-state index in [-0.39, 0.29) is 11.4 Å². The topological polar surface area (TPSA) is 74.5 Å². The van der Waals surface area contributed by atoms with Crippen LogP contribution in [0.4, 0.5) is 5.69 Å². The van der Waals surface area contributed by atoms with Crippen LogP contribution in [0.2, 0.25) is 16.6 Å². The Labute approximate surface area is 163 Å². The van der Waals surface area contributed by atoms with Gasteiger partial charge in [0.1, 0.15) is 0 Å². The van der Waals surface area contributed by atoms with Gasteiger partial charge in [0.15, 0.2) is 17.2 Å². The highest BCUT2D eigenvalue weighted by Gasteiger charge is 2.51. The molecule has 1 aromatic heterocycles. The van der Waals surface area contributed by atoms with Crippen molar-refractivity contribution in [3.63, 3.8) is 0 Å². The molecule has 0 fully saturated rings. The minimum atomic E-state index is -2.16. The second-order valence-corrected chi connectivity index (χ2v) is 13.8. The van der Waals surface area contributed by atoms with Crippen LogP contribution in [0.5, 0.6) is 0 Å². The number of rotatable bonds is 7. The molecule has 0 spiro atoms. The van der Waals surface area contributed by atoms with Crippen LogP contribution < -0.4 is 0 Å². The van der Waals surface area contributed by atoms with Crippen molar-refractivity contribution in [1.82, 2.24) is 4.98 Å². The first kappa shape index (κ1) is 21.6. The molecular formula is C20H32N2O4Si. The first-order valence-electron chi connectivity index (χ1n) is 9.72. The van der Waals surface area contributed by atoms with Gasteiger partial charge in [0.2, 0.25) is 8.32 Å². The van der Waals surface area contributed by atoms with Gasteiger partial charge < -0.3 is 9.16 Å². The maximum absolute atomic E-state index is 11.4. The third-order valence-electron chi connectivity index (χ3n) is 5.57. The number of pyridine rings is 1. The summed E-state index contributed by atoms with van der Waals surface area (Å²) in [4.78, 5) is 15.2. The van der Waals surface area contributed by atoms with Crippen molar-refractivity contribution < 1.29 is 14.1 Å². The highest BCUT2D eigenvalue weighted by Crippen LogP contribution is 2.47. The summed E-state index contributed by atoms with van der Waals surface area (Å²) >= 11 is 0. The van der Waals surface area contributed by atoms with Crippen molar-refractivity contribution in [2.45, 2.75) is 83.7 Å². The van der Waals surface area contributed by atoms with E-state index in [1.54, 1.807) is 12.3 Å². The van der Waals surface area contributed by atoms with Gasteiger partial charge in [0.05, 0.1) is 4.92 Å². The first-order chi connectivity index (χ1) is 12.5. The Balaban J connectivity index is 2.38. The van der Waals surface area contributed by atoms with Gasteiger partial charge in [-0.15, -0.1) is 0 Å². The average Bonchev–Trinajstić information content (AvgIpc) is 2.58. The zero-order chi connectivity index (χ0) is 20.4. The lowest BCUT2D eigenvalue weighted by atomic mass is 10.1. The molecule has 2 heterocycles. The van der Waals surface area contributed by atoms with Crippen molar-refractivity contribution in [2.24, 2.45) is 0 Å². The Kier molecular flexibility index (Phi) is 6.47.